The summed E-state index contributed by atoms with van der Waals surface area (Å²) in [7, 11) is -0.367. The Morgan fingerprint density at radius 2 is 1.86 bits per heavy atom. The predicted molar refractivity (Wildman–Crippen MR) is 65.8 cm³/mol. The lowest BCUT2D eigenvalue weighted by Crippen LogP contribution is -2.26. The summed E-state index contributed by atoms with van der Waals surface area (Å²) >= 11 is 0. The minimum atomic E-state index is -0.367. The summed E-state index contributed by atoms with van der Waals surface area (Å²) in [4.78, 5) is 0. The Kier molecular flexibility index (Phi) is 8.86. The van der Waals surface area contributed by atoms with E-state index in [1.165, 1.54) is 19.3 Å². The average Bonchev–Trinajstić information content (AvgIpc) is 2.13. The van der Waals surface area contributed by atoms with Crippen LogP contribution in [0.25, 0.3) is 0 Å². The zero-order chi connectivity index (χ0) is 11.0. The van der Waals surface area contributed by atoms with Crippen LogP contribution in [-0.4, -0.2) is 30.5 Å². The molecule has 86 valence electrons. The summed E-state index contributed by atoms with van der Waals surface area (Å²) in [5.41, 5.74) is 0. The van der Waals surface area contributed by atoms with Crippen LogP contribution in [0.1, 0.15) is 47.0 Å². The highest BCUT2D eigenvalue weighted by molar-refractivity contribution is 7.49. The van der Waals surface area contributed by atoms with E-state index in [0.717, 1.165) is 13.2 Å². The van der Waals surface area contributed by atoms with Crippen molar-refractivity contribution in [2.24, 2.45) is 0 Å². The Bertz CT molecular complexity index is 130. The highest BCUT2D eigenvalue weighted by Gasteiger charge is 2.15. The lowest BCUT2D eigenvalue weighted by Gasteiger charge is -2.30. The second kappa shape index (κ2) is 8.64. The van der Waals surface area contributed by atoms with Crippen molar-refractivity contribution < 1.29 is 4.52 Å². The van der Waals surface area contributed by atoms with Crippen molar-refractivity contribution >= 4 is 8.30 Å². The van der Waals surface area contributed by atoms with Crippen LogP contribution < -0.4 is 0 Å². The van der Waals surface area contributed by atoms with Crippen LogP contribution in [0.5, 0.6) is 0 Å². The van der Waals surface area contributed by atoms with Crippen molar-refractivity contribution in [2.45, 2.75) is 53.0 Å². The average molecular weight is 219 g/mol. The van der Waals surface area contributed by atoms with E-state index in [9.17, 15) is 0 Å². The highest BCUT2D eigenvalue weighted by Crippen LogP contribution is 2.38. The molecule has 0 saturated carbocycles. The first-order valence-corrected chi connectivity index (χ1v) is 7.42. The van der Waals surface area contributed by atoms with Gasteiger partial charge in [-0.15, -0.1) is 0 Å². The van der Waals surface area contributed by atoms with Crippen molar-refractivity contribution in [1.82, 2.24) is 4.67 Å². The smallest absolute Gasteiger partial charge is 0.101 e. The van der Waals surface area contributed by atoms with Gasteiger partial charge < -0.3 is 4.52 Å². The van der Waals surface area contributed by atoms with E-state index >= 15 is 0 Å². The monoisotopic (exact) mass is 219 g/mol. The predicted octanol–water partition coefficient (Wildman–Crippen LogP) is 3.87. The third kappa shape index (κ3) is 5.95. The molecule has 0 heterocycles. The molecule has 0 aromatic carbocycles. The van der Waals surface area contributed by atoms with E-state index < -0.39 is 0 Å². The highest BCUT2D eigenvalue weighted by atomic mass is 31.2. The molecule has 0 aliphatic rings. The van der Waals surface area contributed by atoms with Gasteiger partial charge in [0.05, 0.1) is 6.61 Å². The summed E-state index contributed by atoms with van der Waals surface area (Å²) in [5, 5.41) is 0. The molecule has 0 rings (SSSR count). The van der Waals surface area contributed by atoms with Gasteiger partial charge in [-0.3, -0.25) is 4.67 Å². The maximum absolute atomic E-state index is 5.85. The number of hydrogen-bond donors (Lipinski definition) is 0. The van der Waals surface area contributed by atoms with Gasteiger partial charge in [0.2, 0.25) is 0 Å². The molecule has 0 fully saturated rings. The summed E-state index contributed by atoms with van der Waals surface area (Å²) in [6.07, 6.45) is 3.77. The van der Waals surface area contributed by atoms with Crippen molar-refractivity contribution in [3.05, 3.63) is 0 Å². The minimum Gasteiger partial charge on any atom is -0.344 e. The van der Waals surface area contributed by atoms with E-state index in [0.29, 0.717) is 6.04 Å². The largest absolute Gasteiger partial charge is 0.344 e. The third-order valence-electron chi connectivity index (χ3n) is 2.31. The molecule has 14 heavy (non-hydrogen) atoms. The normalized spacial score (nSPS) is 13.9. The summed E-state index contributed by atoms with van der Waals surface area (Å²) in [6.45, 7) is 13.1. The van der Waals surface area contributed by atoms with E-state index in [4.69, 9.17) is 4.52 Å². The first-order valence-electron chi connectivity index (χ1n) is 5.76. The van der Waals surface area contributed by atoms with Crippen LogP contribution in [0.3, 0.4) is 0 Å². The van der Waals surface area contributed by atoms with Gasteiger partial charge >= 0.3 is 0 Å². The van der Waals surface area contributed by atoms with Crippen LogP contribution >= 0.6 is 8.30 Å². The lowest BCUT2D eigenvalue weighted by atomic mass is 10.3. The minimum absolute atomic E-state index is 0.367. The standard InChI is InChI=1S/C11H26NOP/c1-6-8-9-10-13-14(5)12(7-2)11(3)4/h11H,6-10H2,1-5H3. The fourth-order valence-corrected chi connectivity index (χ4v) is 3.10. The van der Waals surface area contributed by atoms with Gasteiger partial charge in [-0.05, 0) is 26.9 Å². The maximum Gasteiger partial charge on any atom is 0.101 e. The van der Waals surface area contributed by atoms with E-state index in [-0.39, 0.29) is 8.30 Å². The molecule has 1 unspecified atom stereocenters. The number of hydrogen-bond acceptors (Lipinski definition) is 2. The fourth-order valence-electron chi connectivity index (χ4n) is 1.51. The molecule has 3 heteroatoms. The second-order valence-electron chi connectivity index (χ2n) is 3.85. The van der Waals surface area contributed by atoms with Gasteiger partial charge in [-0.1, -0.05) is 26.7 Å². The molecular formula is C11H26NOP. The van der Waals surface area contributed by atoms with Gasteiger partial charge in [0.25, 0.3) is 0 Å². The molecule has 0 amide bonds. The molecule has 0 bridgehead atoms. The van der Waals surface area contributed by atoms with Crippen LogP contribution in [0.15, 0.2) is 0 Å². The van der Waals surface area contributed by atoms with Crippen LogP contribution in [-0.2, 0) is 4.52 Å². The van der Waals surface area contributed by atoms with Crippen LogP contribution in [0.4, 0.5) is 0 Å². The van der Waals surface area contributed by atoms with E-state index in [1.807, 2.05) is 0 Å². The van der Waals surface area contributed by atoms with E-state index in [1.54, 1.807) is 0 Å². The van der Waals surface area contributed by atoms with Crippen LogP contribution in [0.2, 0.25) is 0 Å². The van der Waals surface area contributed by atoms with Gasteiger partial charge in [0.15, 0.2) is 0 Å². The third-order valence-corrected chi connectivity index (χ3v) is 4.33. The molecule has 0 aliphatic carbocycles. The Balaban J connectivity index is 3.64. The van der Waals surface area contributed by atoms with Crippen LogP contribution in [0, 0.1) is 0 Å². The Morgan fingerprint density at radius 1 is 1.21 bits per heavy atom. The van der Waals surface area contributed by atoms with Crippen molar-refractivity contribution in [3.63, 3.8) is 0 Å². The number of unbranched alkanes of at least 4 members (excludes halogenated alkanes) is 2. The van der Waals surface area contributed by atoms with Gasteiger partial charge in [0, 0.05) is 12.6 Å². The van der Waals surface area contributed by atoms with Gasteiger partial charge in [0.1, 0.15) is 8.30 Å². The SMILES string of the molecule is CCCCCOP(C)N(CC)C(C)C. The second-order valence-corrected chi connectivity index (χ2v) is 5.55. The molecule has 0 spiro atoms. The molecule has 0 saturated heterocycles. The van der Waals surface area contributed by atoms with Gasteiger partial charge in [-0.2, -0.15) is 0 Å². The number of rotatable bonds is 8. The summed E-state index contributed by atoms with van der Waals surface area (Å²) < 4.78 is 8.28. The first kappa shape index (κ1) is 14.3. The lowest BCUT2D eigenvalue weighted by molar-refractivity contribution is 0.284. The zero-order valence-corrected chi connectivity index (χ0v) is 11.3. The summed E-state index contributed by atoms with van der Waals surface area (Å²) in [5.74, 6) is 0. The van der Waals surface area contributed by atoms with Crippen molar-refractivity contribution in [3.8, 4) is 0 Å². The quantitative estimate of drug-likeness (QED) is 0.454. The molecule has 0 aromatic rings. The molecule has 2 nitrogen and oxygen atoms in total. The van der Waals surface area contributed by atoms with Crippen molar-refractivity contribution in [2.75, 3.05) is 19.8 Å². The topological polar surface area (TPSA) is 12.5 Å². The molecule has 0 N–H and O–H groups in total. The summed E-state index contributed by atoms with van der Waals surface area (Å²) in [6, 6.07) is 0.599. The maximum atomic E-state index is 5.85. The molecular weight excluding hydrogens is 193 g/mol. The van der Waals surface area contributed by atoms with E-state index in [2.05, 4.69) is 39.0 Å². The molecule has 0 aromatic heterocycles. The number of nitrogens with zero attached hydrogens (tertiary/aromatic N) is 1. The zero-order valence-electron chi connectivity index (χ0n) is 10.4. The Labute approximate surface area is 90.9 Å². The fraction of sp³-hybridized carbons (Fsp3) is 1.00. The Morgan fingerprint density at radius 3 is 2.29 bits per heavy atom. The van der Waals surface area contributed by atoms with Crippen molar-refractivity contribution in [1.29, 1.82) is 0 Å². The molecule has 0 radical (unpaired) electrons. The Hall–Kier alpha value is 0.350. The molecule has 1 atom stereocenters. The molecule has 0 aliphatic heterocycles. The van der Waals surface area contributed by atoms with Gasteiger partial charge in [-0.25, -0.2) is 0 Å². The first-order chi connectivity index (χ1) is 6.63.